The smallest absolute Gasteiger partial charge is 0.0728 e. The molecule has 1 aromatic heterocycles. The third kappa shape index (κ3) is 5.92. The Morgan fingerprint density at radius 2 is 2.05 bits per heavy atom. The molecule has 1 N–H and O–H groups in total. The molecule has 1 fully saturated rings. The van der Waals surface area contributed by atoms with E-state index < -0.39 is 0 Å². The van der Waals surface area contributed by atoms with Gasteiger partial charge in [-0.1, -0.05) is 0 Å². The fraction of sp³-hybridized carbons (Fsp3) is 0.750. The van der Waals surface area contributed by atoms with Crippen LogP contribution < -0.4 is 5.32 Å². The fourth-order valence-corrected chi connectivity index (χ4v) is 2.94. The van der Waals surface area contributed by atoms with Crippen LogP contribution in [0.2, 0.25) is 0 Å². The third-order valence-electron chi connectivity index (χ3n) is 3.23. The first-order valence-corrected chi connectivity index (χ1v) is 8.29. The Labute approximate surface area is 126 Å². The van der Waals surface area contributed by atoms with E-state index in [1.54, 1.807) is 0 Å². The van der Waals surface area contributed by atoms with E-state index in [9.17, 15) is 0 Å². The lowest BCUT2D eigenvalue weighted by molar-refractivity contribution is -0.0377. The number of nitrogens with one attached hydrogen (secondary N) is 1. The SMILES string of the molecule is Cc1sc(CNC2CC2)cc1COCCOC(C)(C)C. The molecule has 0 aromatic carbocycles. The summed E-state index contributed by atoms with van der Waals surface area (Å²) >= 11 is 1.88. The molecule has 0 spiro atoms. The normalized spacial score (nSPS) is 15.8. The molecule has 0 bridgehead atoms. The first kappa shape index (κ1) is 16.0. The number of ether oxygens (including phenoxy) is 2. The Bertz CT molecular complexity index is 419. The van der Waals surface area contributed by atoms with Gasteiger partial charge >= 0.3 is 0 Å². The number of aryl methyl sites for hydroxylation is 1. The average molecular weight is 297 g/mol. The average Bonchev–Trinajstić information content (AvgIpc) is 3.10. The maximum absolute atomic E-state index is 5.71. The second-order valence-corrected chi connectivity index (χ2v) is 7.80. The second kappa shape index (κ2) is 7.03. The molecule has 1 aromatic rings. The van der Waals surface area contributed by atoms with Crippen molar-refractivity contribution in [1.82, 2.24) is 5.32 Å². The van der Waals surface area contributed by atoms with Crippen molar-refractivity contribution in [3.63, 3.8) is 0 Å². The van der Waals surface area contributed by atoms with Gasteiger partial charge in [0, 0.05) is 22.3 Å². The van der Waals surface area contributed by atoms with Gasteiger partial charge < -0.3 is 14.8 Å². The van der Waals surface area contributed by atoms with E-state index in [0.717, 1.165) is 12.6 Å². The summed E-state index contributed by atoms with van der Waals surface area (Å²) in [4.78, 5) is 2.79. The molecule has 20 heavy (non-hydrogen) atoms. The molecule has 3 nitrogen and oxygen atoms in total. The van der Waals surface area contributed by atoms with Gasteiger partial charge in [-0.3, -0.25) is 0 Å². The summed E-state index contributed by atoms with van der Waals surface area (Å²) in [6.45, 7) is 11.4. The predicted octanol–water partition coefficient (Wildman–Crippen LogP) is 3.64. The number of thiophene rings is 1. The zero-order chi connectivity index (χ0) is 14.6. The summed E-state index contributed by atoms with van der Waals surface area (Å²) < 4.78 is 11.4. The Kier molecular flexibility index (Phi) is 5.61. The molecule has 1 saturated carbocycles. The molecule has 1 aliphatic carbocycles. The number of rotatable bonds is 8. The zero-order valence-corrected chi connectivity index (χ0v) is 13.9. The van der Waals surface area contributed by atoms with Crippen LogP contribution in [0, 0.1) is 6.92 Å². The molecular weight excluding hydrogens is 270 g/mol. The molecule has 0 aliphatic heterocycles. The summed E-state index contributed by atoms with van der Waals surface area (Å²) in [5.41, 5.74) is 1.24. The Morgan fingerprint density at radius 3 is 2.70 bits per heavy atom. The van der Waals surface area contributed by atoms with Crippen molar-refractivity contribution < 1.29 is 9.47 Å². The summed E-state index contributed by atoms with van der Waals surface area (Å²) in [6, 6.07) is 3.05. The molecule has 0 radical (unpaired) electrons. The second-order valence-electron chi connectivity index (χ2n) is 6.46. The third-order valence-corrected chi connectivity index (χ3v) is 4.33. The van der Waals surface area contributed by atoms with Crippen molar-refractivity contribution in [2.75, 3.05) is 13.2 Å². The summed E-state index contributed by atoms with van der Waals surface area (Å²) in [5.74, 6) is 0. The van der Waals surface area contributed by atoms with Crippen molar-refractivity contribution in [3.05, 3.63) is 21.4 Å². The Hall–Kier alpha value is -0.420. The van der Waals surface area contributed by atoms with Crippen LogP contribution in [0.1, 0.15) is 48.9 Å². The standard InChI is InChI=1S/C16H27NO2S/c1-12-13(11-18-7-8-19-16(2,3)4)9-15(20-12)10-17-14-5-6-14/h9,14,17H,5-8,10-11H2,1-4H3. The van der Waals surface area contributed by atoms with Gasteiger partial charge in [0.2, 0.25) is 0 Å². The van der Waals surface area contributed by atoms with Crippen LogP contribution in [-0.2, 0) is 22.6 Å². The molecule has 0 saturated heterocycles. The van der Waals surface area contributed by atoms with Gasteiger partial charge in [-0.15, -0.1) is 11.3 Å². The van der Waals surface area contributed by atoms with Crippen molar-refractivity contribution in [2.24, 2.45) is 0 Å². The van der Waals surface area contributed by atoms with E-state index in [4.69, 9.17) is 9.47 Å². The number of hydrogen-bond donors (Lipinski definition) is 1. The summed E-state index contributed by atoms with van der Waals surface area (Å²) in [7, 11) is 0. The molecular formula is C16H27NO2S. The largest absolute Gasteiger partial charge is 0.374 e. The maximum Gasteiger partial charge on any atom is 0.0728 e. The lowest BCUT2D eigenvalue weighted by Gasteiger charge is -2.19. The van der Waals surface area contributed by atoms with E-state index in [-0.39, 0.29) is 5.60 Å². The van der Waals surface area contributed by atoms with Gasteiger partial charge in [0.25, 0.3) is 0 Å². The van der Waals surface area contributed by atoms with Crippen LogP contribution in [0.25, 0.3) is 0 Å². The van der Waals surface area contributed by atoms with Crippen LogP contribution in [0.4, 0.5) is 0 Å². The molecule has 1 heterocycles. The van der Waals surface area contributed by atoms with Crippen molar-refractivity contribution in [3.8, 4) is 0 Å². The molecule has 114 valence electrons. The molecule has 2 rings (SSSR count). The molecule has 4 heteroatoms. The van der Waals surface area contributed by atoms with Gasteiger partial charge in [0.1, 0.15) is 0 Å². The van der Waals surface area contributed by atoms with E-state index >= 15 is 0 Å². The van der Waals surface area contributed by atoms with Crippen molar-refractivity contribution in [1.29, 1.82) is 0 Å². The van der Waals surface area contributed by atoms with Gasteiger partial charge in [-0.2, -0.15) is 0 Å². The first-order valence-electron chi connectivity index (χ1n) is 7.47. The minimum atomic E-state index is -0.0801. The minimum absolute atomic E-state index is 0.0801. The van der Waals surface area contributed by atoms with Crippen LogP contribution in [0.3, 0.4) is 0 Å². The minimum Gasteiger partial charge on any atom is -0.374 e. The van der Waals surface area contributed by atoms with Gasteiger partial charge in [0.05, 0.1) is 25.4 Å². The molecule has 0 amide bonds. The van der Waals surface area contributed by atoms with E-state index in [1.165, 1.54) is 28.2 Å². The van der Waals surface area contributed by atoms with Gasteiger partial charge in [0.15, 0.2) is 0 Å². The highest BCUT2D eigenvalue weighted by molar-refractivity contribution is 7.12. The number of hydrogen-bond acceptors (Lipinski definition) is 4. The lowest BCUT2D eigenvalue weighted by Crippen LogP contribution is -2.21. The fourth-order valence-electron chi connectivity index (χ4n) is 1.94. The topological polar surface area (TPSA) is 30.5 Å². The highest BCUT2D eigenvalue weighted by atomic mass is 32.1. The molecule has 0 atom stereocenters. The van der Waals surface area contributed by atoms with Gasteiger partial charge in [-0.25, -0.2) is 0 Å². The molecule has 0 unspecified atom stereocenters. The van der Waals surface area contributed by atoms with Crippen LogP contribution in [0.15, 0.2) is 6.07 Å². The highest BCUT2D eigenvalue weighted by Crippen LogP contribution is 2.24. The van der Waals surface area contributed by atoms with Gasteiger partial charge in [-0.05, 0) is 52.2 Å². The predicted molar refractivity (Wildman–Crippen MR) is 84.3 cm³/mol. The zero-order valence-electron chi connectivity index (χ0n) is 13.1. The van der Waals surface area contributed by atoms with Crippen molar-refractivity contribution in [2.45, 2.75) is 65.3 Å². The Morgan fingerprint density at radius 1 is 1.30 bits per heavy atom. The van der Waals surface area contributed by atoms with E-state index in [2.05, 4.69) is 39.1 Å². The van der Waals surface area contributed by atoms with E-state index in [1.807, 2.05) is 11.3 Å². The van der Waals surface area contributed by atoms with Crippen LogP contribution in [-0.4, -0.2) is 24.9 Å². The maximum atomic E-state index is 5.71. The van der Waals surface area contributed by atoms with Crippen LogP contribution >= 0.6 is 11.3 Å². The van der Waals surface area contributed by atoms with E-state index in [0.29, 0.717) is 19.8 Å². The Balaban J connectivity index is 1.66. The van der Waals surface area contributed by atoms with Crippen molar-refractivity contribution >= 4 is 11.3 Å². The quantitative estimate of drug-likeness (QED) is 0.743. The highest BCUT2D eigenvalue weighted by Gasteiger charge is 2.20. The van der Waals surface area contributed by atoms with Crippen LogP contribution in [0.5, 0.6) is 0 Å². The monoisotopic (exact) mass is 297 g/mol. The first-order chi connectivity index (χ1) is 9.44. The summed E-state index contributed by atoms with van der Waals surface area (Å²) in [6.07, 6.45) is 2.68. The summed E-state index contributed by atoms with van der Waals surface area (Å²) in [5, 5.41) is 3.56. The lowest BCUT2D eigenvalue weighted by atomic mass is 10.2. The molecule has 1 aliphatic rings.